The molecule has 1 aliphatic heterocycles. The SMILES string of the molecule is O=C1c2cc(I)ccc2CCN1Cc1ccccc1. The standard InChI is InChI=1S/C16H14INO/c17-14-7-6-13-8-9-18(16(19)15(13)10-14)11-12-4-2-1-3-5-12/h1-7,10H,8-9,11H2. The lowest BCUT2D eigenvalue weighted by Crippen LogP contribution is -2.37. The summed E-state index contributed by atoms with van der Waals surface area (Å²) in [7, 11) is 0. The molecule has 0 radical (unpaired) electrons. The van der Waals surface area contributed by atoms with Gasteiger partial charge in [-0.3, -0.25) is 4.79 Å². The van der Waals surface area contributed by atoms with E-state index in [2.05, 4.69) is 46.9 Å². The smallest absolute Gasteiger partial charge is 0.254 e. The van der Waals surface area contributed by atoms with Crippen LogP contribution >= 0.6 is 22.6 Å². The molecule has 96 valence electrons. The van der Waals surface area contributed by atoms with Crippen molar-refractivity contribution in [2.24, 2.45) is 0 Å². The molecule has 0 fully saturated rings. The van der Waals surface area contributed by atoms with E-state index in [4.69, 9.17) is 0 Å². The van der Waals surface area contributed by atoms with Crippen molar-refractivity contribution in [2.45, 2.75) is 13.0 Å². The van der Waals surface area contributed by atoms with Crippen molar-refractivity contribution in [2.75, 3.05) is 6.54 Å². The predicted molar refractivity (Wildman–Crippen MR) is 84.0 cm³/mol. The zero-order chi connectivity index (χ0) is 13.2. The highest BCUT2D eigenvalue weighted by atomic mass is 127. The molecule has 1 amide bonds. The van der Waals surface area contributed by atoms with Crippen LogP contribution in [0.4, 0.5) is 0 Å². The molecule has 0 N–H and O–H groups in total. The Labute approximate surface area is 126 Å². The molecule has 0 bridgehead atoms. The molecule has 2 nitrogen and oxygen atoms in total. The van der Waals surface area contributed by atoms with Crippen LogP contribution < -0.4 is 0 Å². The van der Waals surface area contributed by atoms with Crippen LogP contribution in [0.2, 0.25) is 0 Å². The molecule has 3 heteroatoms. The van der Waals surface area contributed by atoms with Crippen LogP contribution in [-0.2, 0) is 13.0 Å². The summed E-state index contributed by atoms with van der Waals surface area (Å²) >= 11 is 2.26. The van der Waals surface area contributed by atoms with Gasteiger partial charge in [-0.25, -0.2) is 0 Å². The minimum absolute atomic E-state index is 0.156. The van der Waals surface area contributed by atoms with Gasteiger partial charge in [-0.2, -0.15) is 0 Å². The molecule has 3 rings (SSSR count). The molecule has 0 aromatic heterocycles. The van der Waals surface area contributed by atoms with Gasteiger partial charge in [-0.05, 0) is 52.3 Å². The first-order valence-corrected chi connectivity index (χ1v) is 7.43. The first-order valence-electron chi connectivity index (χ1n) is 6.35. The number of hydrogen-bond acceptors (Lipinski definition) is 1. The van der Waals surface area contributed by atoms with Gasteiger partial charge in [0, 0.05) is 22.2 Å². The highest BCUT2D eigenvalue weighted by Crippen LogP contribution is 2.22. The summed E-state index contributed by atoms with van der Waals surface area (Å²) in [5.41, 5.74) is 3.23. The van der Waals surface area contributed by atoms with Crippen molar-refractivity contribution in [3.63, 3.8) is 0 Å². The van der Waals surface area contributed by atoms with Gasteiger partial charge in [0.15, 0.2) is 0 Å². The van der Waals surface area contributed by atoms with Crippen LogP contribution in [0.3, 0.4) is 0 Å². The maximum Gasteiger partial charge on any atom is 0.254 e. The molecule has 1 heterocycles. The summed E-state index contributed by atoms with van der Waals surface area (Å²) in [5.74, 6) is 0.156. The molecule has 0 unspecified atom stereocenters. The van der Waals surface area contributed by atoms with Crippen LogP contribution in [0.5, 0.6) is 0 Å². The lowest BCUT2D eigenvalue weighted by atomic mass is 9.99. The van der Waals surface area contributed by atoms with Crippen LogP contribution in [0.1, 0.15) is 21.5 Å². The lowest BCUT2D eigenvalue weighted by Gasteiger charge is -2.28. The minimum atomic E-state index is 0.156. The fourth-order valence-electron chi connectivity index (χ4n) is 2.45. The summed E-state index contributed by atoms with van der Waals surface area (Å²) in [4.78, 5) is 14.4. The number of rotatable bonds is 2. The van der Waals surface area contributed by atoms with Crippen molar-refractivity contribution in [1.29, 1.82) is 0 Å². The number of benzene rings is 2. The Kier molecular flexibility index (Phi) is 3.55. The number of nitrogens with zero attached hydrogens (tertiary/aromatic N) is 1. The molecule has 0 aliphatic carbocycles. The van der Waals surface area contributed by atoms with E-state index in [0.717, 1.165) is 22.1 Å². The topological polar surface area (TPSA) is 20.3 Å². The maximum atomic E-state index is 12.5. The van der Waals surface area contributed by atoms with Crippen molar-refractivity contribution in [3.8, 4) is 0 Å². The summed E-state index contributed by atoms with van der Waals surface area (Å²) in [6.07, 6.45) is 0.949. The third-order valence-electron chi connectivity index (χ3n) is 3.46. The highest BCUT2D eigenvalue weighted by molar-refractivity contribution is 14.1. The fraction of sp³-hybridized carbons (Fsp3) is 0.188. The number of carbonyl (C=O) groups is 1. The second-order valence-electron chi connectivity index (χ2n) is 4.76. The Balaban J connectivity index is 1.85. The third kappa shape index (κ3) is 2.66. The van der Waals surface area contributed by atoms with Gasteiger partial charge >= 0.3 is 0 Å². The predicted octanol–water partition coefficient (Wildman–Crippen LogP) is 3.49. The van der Waals surface area contributed by atoms with E-state index < -0.39 is 0 Å². The van der Waals surface area contributed by atoms with Gasteiger partial charge in [0.2, 0.25) is 0 Å². The zero-order valence-electron chi connectivity index (χ0n) is 10.5. The number of hydrogen-bond donors (Lipinski definition) is 0. The van der Waals surface area contributed by atoms with Crippen LogP contribution in [0, 0.1) is 3.57 Å². The lowest BCUT2D eigenvalue weighted by molar-refractivity contribution is 0.0727. The van der Waals surface area contributed by atoms with E-state index in [1.54, 1.807) is 0 Å². The molecule has 0 atom stereocenters. The van der Waals surface area contributed by atoms with Gasteiger partial charge in [-0.1, -0.05) is 36.4 Å². The van der Waals surface area contributed by atoms with Crippen LogP contribution in [-0.4, -0.2) is 17.4 Å². The van der Waals surface area contributed by atoms with E-state index in [0.29, 0.717) is 6.54 Å². The molecular weight excluding hydrogens is 349 g/mol. The normalized spacial score (nSPS) is 14.4. The van der Waals surface area contributed by atoms with Crippen molar-refractivity contribution in [1.82, 2.24) is 4.90 Å². The van der Waals surface area contributed by atoms with E-state index in [9.17, 15) is 4.79 Å². The van der Waals surface area contributed by atoms with Crippen molar-refractivity contribution in [3.05, 3.63) is 68.8 Å². The van der Waals surface area contributed by atoms with Crippen molar-refractivity contribution >= 4 is 28.5 Å². The van der Waals surface area contributed by atoms with Crippen molar-refractivity contribution < 1.29 is 4.79 Å². The molecule has 0 saturated carbocycles. The first-order chi connectivity index (χ1) is 9.24. The van der Waals surface area contributed by atoms with Gasteiger partial charge < -0.3 is 4.90 Å². The minimum Gasteiger partial charge on any atom is -0.334 e. The van der Waals surface area contributed by atoms with E-state index in [-0.39, 0.29) is 5.91 Å². The fourth-order valence-corrected chi connectivity index (χ4v) is 2.94. The molecule has 0 spiro atoms. The van der Waals surface area contributed by atoms with Gasteiger partial charge in [0.25, 0.3) is 5.91 Å². The number of fused-ring (bicyclic) bond motifs is 1. The second kappa shape index (κ2) is 5.33. The average Bonchev–Trinajstić information content (AvgIpc) is 2.44. The number of halogens is 1. The molecule has 19 heavy (non-hydrogen) atoms. The summed E-state index contributed by atoms with van der Waals surface area (Å²) in [5, 5.41) is 0. The van der Waals surface area contributed by atoms with Gasteiger partial charge in [-0.15, -0.1) is 0 Å². The second-order valence-corrected chi connectivity index (χ2v) is 6.01. The Morgan fingerprint density at radius 2 is 1.89 bits per heavy atom. The third-order valence-corrected chi connectivity index (χ3v) is 4.13. The molecule has 0 saturated heterocycles. The molecular formula is C16H14INO. The molecule has 2 aromatic rings. The summed E-state index contributed by atoms with van der Waals surface area (Å²) in [6.45, 7) is 1.51. The number of carbonyl (C=O) groups excluding carboxylic acids is 1. The largest absolute Gasteiger partial charge is 0.334 e. The van der Waals surface area contributed by atoms with Crippen LogP contribution in [0.25, 0.3) is 0 Å². The Bertz CT molecular complexity index is 609. The highest BCUT2D eigenvalue weighted by Gasteiger charge is 2.24. The van der Waals surface area contributed by atoms with E-state index in [1.807, 2.05) is 29.2 Å². The average molecular weight is 363 g/mol. The maximum absolute atomic E-state index is 12.5. The summed E-state index contributed by atoms with van der Waals surface area (Å²) in [6, 6.07) is 16.3. The van der Waals surface area contributed by atoms with Gasteiger partial charge in [0.1, 0.15) is 0 Å². The number of amides is 1. The Morgan fingerprint density at radius 3 is 2.68 bits per heavy atom. The summed E-state index contributed by atoms with van der Waals surface area (Å²) < 4.78 is 1.12. The van der Waals surface area contributed by atoms with E-state index >= 15 is 0 Å². The van der Waals surface area contributed by atoms with Gasteiger partial charge in [0.05, 0.1) is 0 Å². The Morgan fingerprint density at radius 1 is 1.11 bits per heavy atom. The van der Waals surface area contributed by atoms with Crippen LogP contribution in [0.15, 0.2) is 48.5 Å². The molecule has 1 aliphatic rings. The first kappa shape index (κ1) is 12.7. The van der Waals surface area contributed by atoms with E-state index in [1.165, 1.54) is 11.1 Å². The quantitative estimate of drug-likeness (QED) is 0.748. The Hall–Kier alpha value is -1.36. The monoisotopic (exact) mass is 363 g/mol. The molecule has 2 aromatic carbocycles. The zero-order valence-corrected chi connectivity index (χ0v) is 12.6.